The molecule has 0 fully saturated rings. The number of Topliss-reactive ketones (excluding diaryl/α,β-unsaturated/α-hetero) is 1. The molecule has 0 bridgehead atoms. The van der Waals surface area contributed by atoms with Gasteiger partial charge in [0.25, 0.3) is 0 Å². The second-order valence-corrected chi connectivity index (χ2v) is 4.95. The third kappa shape index (κ3) is 3.08. The Hall–Kier alpha value is -1.80. The first-order chi connectivity index (χ1) is 7.90. The molecule has 1 aromatic carbocycles. The highest BCUT2D eigenvalue weighted by Crippen LogP contribution is 2.29. The summed E-state index contributed by atoms with van der Waals surface area (Å²) in [6, 6.07) is 5.46. The lowest BCUT2D eigenvalue weighted by molar-refractivity contribution is 0.0989. The molecule has 0 radical (unpaired) electrons. The van der Waals surface area contributed by atoms with E-state index in [1.807, 2.05) is 6.07 Å². The van der Waals surface area contributed by atoms with Crippen molar-refractivity contribution in [1.29, 1.82) is 0 Å². The average Bonchev–Trinajstić information content (AvgIpc) is 2.27. The van der Waals surface area contributed by atoms with Gasteiger partial charge in [0.1, 0.15) is 0 Å². The number of rotatable bonds is 3. The molecule has 0 amide bonds. The van der Waals surface area contributed by atoms with Gasteiger partial charge in [-0.3, -0.25) is 4.79 Å². The lowest BCUT2D eigenvalue weighted by Crippen LogP contribution is -2.11. The smallest absolute Gasteiger partial charge is 0.163 e. The molecule has 1 aromatic rings. The fourth-order valence-corrected chi connectivity index (χ4v) is 1.56. The molecule has 1 rings (SSSR count). The van der Waals surface area contributed by atoms with E-state index in [0.29, 0.717) is 17.7 Å². The Morgan fingerprint density at radius 3 is 2.53 bits per heavy atom. The molecule has 0 aromatic heterocycles. The maximum atomic E-state index is 11.7. The van der Waals surface area contributed by atoms with Crippen molar-refractivity contribution in [3.8, 4) is 0 Å². The van der Waals surface area contributed by atoms with Crippen molar-refractivity contribution in [2.75, 3.05) is 0 Å². The zero-order valence-corrected chi connectivity index (χ0v) is 10.7. The Bertz CT molecular complexity index is 480. The average molecular weight is 231 g/mol. The van der Waals surface area contributed by atoms with Crippen molar-refractivity contribution in [3.63, 3.8) is 0 Å². The van der Waals surface area contributed by atoms with Gasteiger partial charge in [0, 0.05) is 22.6 Å². The number of benzene rings is 1. The van der Waals surface area contributed by atoms with Crippen LogP contribution in [0.25, 0.3) is 10.4 Å². The number of carbonyl (C=O) groups is 1. The second-order valence-electron chi connectivity index (χ2n) is 4.95. The molecular formula is C13H17N3O. The van der Waals surface area contributed by atoms with Crippen molar-refractivity contribution in [2.24, 2.45) is 5.11 Å². The number of nitrogens with zero attached hydrogens (tertiary/aromatic N) is 3. The van der Waals surface area contributed by atoms with E-state index in [1.165, 1.54) is 0 Å². The molecule has 0 aliphatic rings. The van der Waals surface area contributed by atoms with Crippen molar-refractivity contribution < 1.29 is 4.79 Å². The number of ketones is 1. The summed E-state index contributed by atoms with van der Waals surface area (Å²) >= 11 is 0. The molecule has 0 heterocycles. The molecule has 90 valence electrons. The Morgan fingerprint density at radius 2 is 2.06 bits per heavy atom. The van der Waals surface area contributed by atoms with E-state index >= 15 is 0 Å². The van der Waals surface area contributed by atoms with Crippen LogP contribution in [0.2, 0.25) is 0 Å². The number of azide groups is 1. The summed E-state index contributed by atoms with van der Waals surface area (Å²) in [6.07, 6.45) is 0.406. The second kappa shape index (κ2) is 5.02. The van der Waals surface area contributed by atoms with Crippen molar-refractivity contribution in [3.05, 3.63) is 39.8 Å². The van der Waals surface area contributed by atoms with Crippen LogP contribution in [-0.4, -0.2) is 5.78 Å². The molecule has 0 unspecified atom stereocenters. The van der Waals surface area contributed by atoms with Crippen molar-refractivity contribution >= 4 is 11.5 Å². The first-order valence-corrected chi connectivity index (χ1v) is 5.63. The number of carbonyl (C=O) groups excluding carboxylic acids is 1. The minimum atomic E-state index is -0.0342. The van der Waals surface area contributed by atoms with E-state index in [-0.39, 0.29) is 11.2 Å². The molecule has 17 heavy (non-hydrogen) atoms. The highest BCUT2D eigenvalue weighted by Gasteiger charge is 2.16. The minimum Gasteiger partial charge on any atom is -0.294 e. The van der Waals surface area contributed by atoms with Gasteiger partial charge in [-0.2, -0.15) is 0 Å². The summed E-state index contributed by atoms with van der Waals surface area (Å²) in [6.45, 7) is 8.01. The summed E-state index contributed by atoms with van der Waals surface area (Å²) in [7, 11) is 0. The van der Waals surface area contributed by atoms with Gasteiger partial charge in [0.2, 0.25) is 0 Å². The highest BCUT2D eigenvalue weighted by atomic mass is 16.1. The van der Waals surface area contributed by atoms with Crippen molar-refractivity contribution in [1.82, 2.24) is 0 Å². The van der Waals surface area contributed by atoms with E-state index in [4.69, 9.17) is 5.53 Å². The summed E-state index contributed by atoms with van der Waals surface area (Å²) < 4.78 is 0. The normalized spacial score (nSPS) is 10.8. The van der Waals surface area contributed by atoms with E-state index in [9.17, 15) is 4.79 Å². The molecule has 0 aliphatic heterocycles. The summed E-state index contributed by atoms with van der Waals surface area (Å²) in [4.78, 5) is 14.5. The van der Waals surface area contributed by atoms with Crippen LogP contribution in [0.5, 0.6) is 0 Å². The number of hydrogen-bond donors (Lipinski definition) is 0. The fourth-order valence-electron chi connectivity index (χ4n) is 1.56. The van der Waals surface area contributed by atoms with Crippen LogP contribution < -0.4 is 0 Å². The van der Waals surface area contributed by atoms with Crippen LogP contribution in [0.1, 0.15) is 50.0 Å². The molecule has 4 heteroatoms. The van der Waals surface area contributed by atoms with Gasteiger partial charge in [-0.1, -0.05) is 44.9 Å². The molecule has 0 saturated carbocycles. The minimum absolute atomic E-state index is 0.00661. The molecule has 0 saturated heterocycles. The fraction of sp³-hybridized carbons (Fsp3) is 0.462. The first kappa shape index (κ1) is 13.3. The molecular weight excluding hydrogens is 214 g/mol. The monoisotopic (exact) mass is 231 g/mol. The van der Waals surface area contributed by atoms with Crippen LogP contribution in [0.15, 0.2) is 23.3 Å². The van der Waals surface area contributed by atoms with Crippen LogP contribution in [0, 0.1) is 0 Å². The summed E-state index contributed by atoms with van der Waals surface area (Å²) in [5.74, 6) is -0.00661. The van der Waals surface area contributed by atoms with E-state index in [1.54, 1.807) is 19.1 Å². The zero-order valence-electron chi connectivity index (χ0n) is 10.7. The van der Waals surface area contributed by atoms with Crippen molar-refractivity contribution in [2.45, 2.75) is 39.5 Å². The third-order valence-corrected chi connectivity index (χ3v) is 2.64. The molecule has 0 atom stereocenters. The quantitative estimate of drug-likeness (QED) is 0.326. The summed E-state index contributed by atoms with van der Waals surface area (Å²) in [5, 5.41) is 3.61. The van der Waals surface area contributed by atoms with Gasteiger partial charge >= 0.3 is 0 Å². The predicted octanol–water partition coefficient (Wildman–Crippen LogP) is 4.52. The Morgan fingerprint density at radius 1 is 1.41 bits per heavy atom. The van der Waals surface area contributed by atoms with E-state index in [2.05, 4.69) is 30.8 Å². The molecule has 4 nitrogen and oxygen atoms in total. The predicted molar refractivity (Wildman–Crippen MR) is 68.6 cm³/mol. The van der Waals surface area contributed by atoms with Gasteiger partial charge < -0.3 is 0 Å². The van der Waals surface area contributed by atoms with E-state index < -0.39 is 0 Å². The molecule has 0 aliphatic carbocycles. The first-order valence-electron chi connectivity index (χ1n) is 5.63. The van der Waals surface area contributed by atoms with E-state index in [0.717, 1.165) is 5.56 Å². The van der Waals surface area contributed by atoms with Gasteiger partial charge in [0.15, 0.2) is 5.78 Å². The largest absolute Gasteiger partial charge is 0.294 e. The van der Waals surface area contributed by atoms with Gasteiger partial charge in [-0.15, -0.1) is 0 Å². The molecule has 0 spiro atoms. The van der Waals surface area contributed by atoms with Gasteiger partial charge in [-0.05, 0) is 22.6 Å². The van der Waals surface area contributed by atoms with Gasteiger partial charge in [0.05, 0.1) is 0 Å². The Balaban J connectivity index is 3.37. The Kier molecular flexibility index (Phi) is 3.92. The SMILES string of the molecule is CCC(=O)c1ccc(C(C)(C)C)cc1N=[N+]=[N-]. The number of hydrogen-bond acceptors (Lipinski definition) is 2. The maximum Gasteiger partial charge on any atom is 0.163 e. The van der Waals surface area contributed by atoms with Crippen LogP contribution >= 0.6 is 0 Å². The highest BCUT2D eigenvalue weighted by molar-refractivity contribution is 6.00. The van der Waals surface area contributed by atoms with Crippen LogP contribution in [0.4, 0.5) is 5.69 Å². The van der Waals surface area contributed by atoms with Gasteiger partial charge in [-0.25, -0.2) is 0 Å². The van der Waals surface area contributed by atoms with Crippen LogP contribution in [-0.2, 0) is 5.41 Å². The Labute approximate surface area is 101 Å². The topological polar surface area (TPSA) is 65.8 Å². The lowest BCUT2D eigenvalue weighted by atomic mass is 9.86. The lowest BCUT2D eigenvalue weighted by Gasteiger charge is -2.20. The zero-order chi connectivity index (χ0) is 13.1. The maximum absolute atomic E-state index is 11.7. The standard InChI is InChI=1S/C13H17N3O/c1-5-12(17)10-7-6-9(13(2,3)4)8-11(10)15-16-14/h6-8H,5H2,1-4H3. The van der Waals surface area contributed by atoms with Crippen LogP contribution in [0.3, 0.4) is 0 Å². The third-order valence-electron chi connectivity index (χ3n) is 2.64. The molecule has 0 N–H and O–H groups in total. The summed E-state index contributed by atoms with van der Waals surface area (Å²) in [5.41, 5.74) is 10.5.